The van der Waals surface area contributed by atoms with Gasteiger partial charge in [-0.2, -0.15) is 0 Å². The number of carbonyl (C=O) groups is 4. The fourth-order valence-corrected chi connectivity index (χ4v) is 5.09. The number of nitrogens with zero attached hydrogens (tertiary/aromatic N) is 2. The summed E-state index contributed by atoms with van der Waals surface area (Å²) in [5.74, 6) is -0.740. The third-order valence-corrected chi connectivity index (χ3v) is 7.11. The second-order valence-electron chi connectivity index (χ2n) is 9.91. The molecule has 4 amide bonds. The summed E-state index contributed by atoms with van der Waals surface area (Å²) in [4.78, 5) is 53.1. The van der Waals surface area contributed by atoms with Gasteiger partial charge >= 0.3 is 0 Å². The van der Waals surface area contributed by atoms with Crippen molar-refractivity contribution in [2.24, 2.45) is 0 Å². The van der Waals surface area contributed by atoms with Gasteiger partial charge in [-0.15, -0.1) is 0 Å². The molecule has 10 nitrogen and oxygen atoms in total. The van der Waals surface area contributed by atoms with E-state index in [1.165, 1.54) is 14.2 Å². The number of carbonyl (C=O) groups excluding carboxylic acids is 4. The molecule has 0 spiro atoms. The highest BCUT2D eigenvalue weighted by Gasteiger charge is 2.34. The Labute approximate surface area is 234 Å². The van der Waals surface area contributed by atoms with Crippen LogP contribution in [0.25, 0.3) is 12.2 Å². The van der Waals surface area contributed by atoms with Crippen LogP contribution in [0.3, 0.4) is 0 Å². The SMILES string of the molecule is COCC(=O)N1CCC[C@H]1C(=O)Nc1ccc(C=Cc2ccc(NC(=O)[C@@H]3CCCN3C(=O)COC)cc2)cc1. The minimum absolute atomic E-state index is 0.0289. The van der Waals surface area contributed by atoms with Crippen LogP contribution in [0.1, 0.15) is 36.8 Å². The van der Waals surface area contributed by atoms with E-state index in [0.717, 1.165) is 24.0 Å². The molecule has 2 aliphatic heterocycles. The second-order valence-corrected chi connectivity index (χ2v) is 9.91. The normalized spacial score (nSPS) is 18.8. The fourth-order valence-electron chi connectivity index (χ4n) is 5.09. The molecule has 0 unspecified atom stereocenters. The molecule has 2 aromatic rings. The maximum Gasteiger partial charge on any atom is 0.249 e. The van der Waals surface area contributed by atoms with E-state index >= 15 is 0 Å². The molecule has 10 heteroatoms. The summed E-state index contributed by atoms with van der Waals surface area (Å²) in [5.41, 5.74) is 3.24. The lowest BCUT2D eigenvalue weighted by Crippen LogP contribution is -2.44. The van der Waals surface area contributed by atoms with Crippen LogP contribution in [0.15, 0.2) is 48.5 Å². The van der Waals surface area contributed by atoms with E-state index < -0.39 is 12.1 Å². The van der Waals surface area contributed by atoms with Crippen LogP contribution in [0, 0.1) is 0 Å². The Hall–Kier alpha value is -4.02. The molecule has 40 heavy (non-hydrogen) atoms. The molecule has 0 aliphatic carbocycles. The first-order chi connectivity index (χ1) is 19.4. The van der Waals surface area contributed by atoms with Crippen LogP contribution in [-0.2, 0) is 28.7 Å². The first-order valence-electron chi connectivity index (χ1n) is 13.5. The molecule has 0 saturated carbocycles. The highest BCUT2D eigenvalue weighted by molar-refractivity contribution is 5.98. The third-order valence-electron chi connectivity index (χ3n) is 7.11. The Morgan fingerprint density at radius 1 is 0.700 bits per heavy atom. The Balaban J connectivity index is 1.29. The van der Waals surface area contributed by atoms with E-state index in [2.05, 4.69) is 10.6 Å². The molecule has 4 rings (SSSR count). The van der Waals surface area contributed by atoms with Gasteiger partial charge in [0.25, 0.3) is 0 Å². The number of ether oxygens (including phenoxy) is 2. The van der Waals surface area contributed by atoms with Crippen molar-refractivity contribution in [1.29, 1.82) is 0 Å². The standard InChI is InChI=1S/C30H36N4O6/c1-39-19-27(35)33-17-3-5-25(33)29(37)31-23-13-9-21(10-14-23)7-8-22-11-15-24(16-12-22)32-30(38)26-6-4-18-34(26)28(36)20-40-2/h7-16,25-26H,3-6,17-20H2,1-2H3,(H,31,37)(H,32,38)/t25-,26-/m0/s1. The lowest BCUT2D eigenvalue weighted by Gasteiger charge is -2.23. The highest BCUT2D eigenvalue weighted by atomic mass is 16.5. The van der Waals surface area contributed by atoms with Crippen molar-refractivity contribution in [3.63, 3.8) is 0 Å². The van der Waals surface area contributed by atoms with Gasteiger partial charge in [-0.3, -0.25) is 19.2 Å². The number of rotatable bonds is 10. The highest BCUT2D eigenvalue weighted by Crippen LogP contribution is 2.22. The molecule has 2 N–H and O–H groups in total. The van der Waals surface area contributed by atoms with Gasteiger partial charge in [0.05, 0.1) is 0 Å². The van der Waals surface area contributed by atoms with E-state index in [-0.39, 0.29) is 36.8 Å². The summed E-state index contributed by atoms with van der Waals surface area (Å²) in [7, 11) is 2.93. The van der Waals surface area contributed by atoms with Gasteiger partial charge < -0.3 is 29.9 Å². The number of hydrogen-bond acceptors (Lipinski definition) is 6. The zero-order chi connectivity index (χ0) is 28.5. The van der Waals surface area contributed by atoms with Gasteiger partial charge in [0.15, 0.2) is 0 Å². The first kappa shape index (κ1) is 29.0. The molecule has 2 saturated heterocycles. The molecule has 2 heterocycles. The van der Waals surface area contributed by atoms with E-state index in [0.29, 0.717) is 37.3 Å². The van der Waals surface area contributed by atoms with Crippen molar-refractivity contribution in [2.45, 2.75) is 37.8 Å². The molecule has 2 fully saturated rings. The first-order valence-corrected chi connectivity index (χ1v) is 13.5. The number of likely N-dealkylation sites (tertiary alicyclic amines) is 2. The molecule has 2 aromatic carbocycles. The van der Waals surface area contributed by atoms with Crippen molar-refractivity contribution in [2.75, 3.05) is 51.2 Å². The third kappa shape index (κ3) is 7.34. The molecular weight excluding hydrogens is 512 g/mol. The zero-order valence-corrected chi connectivity index (χ0v) is 22.9. The monoisotopic (exact) mass is 548 g/mol. The lowest BCUT2D eigenvalue weighted by molar-refractivity contribution is -0.139. The molecular formula is C30H36N4O6. The van der Waals surface area contributed by atoms with Gasteiger partial charge in [-0.1, -0.05) is 36.4 Å². The predicted molar refractivity (Wildman–Crippen MR) is 152 cm³/mol. The topological polar surface area (TPSA) is 117 Å². The fraction of sp³-hybridized carbons (Fsp3) is 0.400. The van der Waals surface area contributed by atoms with Crippen LogP contribution in [0.2, 0.25) is 0 Å². The Morgan fingerprint density at radius 2 is 1.07 bits per heavy atom. The number of benzene rings is 2. The number of anilines is 2. The van der Waals surface area contributed by atoms with Gasteiger partial charge in [0.1, 0.15) is 25.3 Å². The summed E-state index contributed by atoms with van der Waals surface area (Å²) in [6, 6.07) is 14.0. The minimum Gasteiger partial charge on any atom is -0.375 e. The van der Waals surface area contributed by atoms with Crippen LogP contribution < -0.4 is 10.6 Å². The molecule has 2 aliphatic rings. The zero-order valence-electron chi connectivity index (χ0n) is 22.9. The van der Waals surface area contributed by atoms with Crippen molar-refractivity contribution in [3.8, 4) is 0 Å². The van der Waals surface area contributed by atoms with Crippen molar-refractivity contribution >= 4 is 47.2 Å². The summed E-state index contributed by atoms with van der Waals surface area (Å²) >= 11 is 0. The van der Waals surface area contributed by atoms with Gasteiger partial charge in [0, 0.05) is 38.7 Å². The van der Waals surface area contributed by atoms with Gasteiger partial charge in [-0.25, -0.2) is 0 Å². The van der Waals surface area contributed by atoms with E-state index in [4.69, 9.17) is 9.47 Å². The number of hydrogen-bond donors (Lipinski definition) is 2. The number of methoxy groups -OCH3 is 2. The molecule has 0 aromatic heterocycles. The summed E-state index contributed by atoms with van der Waals surface area (Å²) < 4.78 is 9.85. The Kier molecular flexibility index (Phi) is 10.0. The number of amides is 4. The van der Waals surface area contributed by atoms with Gasteiger partial charge in [0.2, 0.25) is 23.6 Å². The van der Waals surface area contributed by atoms with Crippen LogP contribution in [0.4, 0.5) is 11.4 Å². The van der Waals surface area contributed by atoms with Gasteiger partial charge in [-0.05, 0) is 61.1 Å². The molecule has 2 atom stereocenters. The lowest BCUT2D eigenvalue weighted by atomic mass is 10.1. The molecule has 212 valence electrons. The largest absolute Gasteiger partial charge is 0.375 e. The van der Waals surface area contributed by atoms with Crippen LogP contribution in [-0.4, -0.2) is 86.0 Å². The predicted octanol–water partition coefficient (Wildman–Crippen LogP) is 3.01. The van der Waals surface area contributed by atoms with E-state index in [1.807, 2.05) is 60.7 Å². The molecule has 0 radical (unpaired) electrons. The van der Waals surface area contributed by atoms with Crippen LogP contribution in [0.5, 0.6) is 0 Å². The van der Waals surface area contributed by atoms with Crippen LogP contribution >= 0.6 is 0 Å². The quantitative estimate of drug-likeness (QED) is 0.441. The van der Waals surface area contributed by atoms with E-state index in [1.54, 1.807) is 9.80 Å². The maximum atomic E-state index is 12.8. The maximum absolute atomic E-state index is 12.8. The van der Waals surface area contributed by atoms with E-state index in [9.17, 15) is 19.2 Å². The Bertz CT molecular complexity index is 1130. The average molecular weight is 549 g/mol. The summed E-state index contributed by atoms with van der Waals surface area (Å²) in [6.07, 6.45) is 6.77. The smallest absolute Gasteiger partial charge is 0.249 e. The Morgan fingerprint density at radius 3 is 1.43 bits per heavy atom. The van der Waals surface area contributed by atoms with Crippen molar-refractivity contribution < 1.29 is 28.7 Å². The minimum atomic E-state index is -0.481. The number of nitrogens with one attached hydrogen (secondary N) is 2. The second kappa shape index (κ2) is 13.9. The van der Waals surface area contributed by atoms with Crippen molar-refractivity contribution in [3.05, 3.63) is 59.7 Å². The summed E-state index contributed by atoms with van der Waals surface area (Å²) in [5, 5.41) is 5.82. The average Bonchev–Trinajstić information content (AvgIpc) is 3.64. The molecule has 0 bridgehead atoms. The summed E-state index contributed by atoms with van der Waals surface area (Å²) in [6.45, 7) is 1.07. The van der Waals surface area contributed by atoms with Crippen molar-refractivity contribution in [1.82, 2.24) is 9.80 Å².